The second kappa shape index (κ2) is 7.00. The number of rotatable bonds is 5. The predicted octanol–water partition coefficient (Wildman–Crippen LogP) is 4.16. The molecular weight excluding hydrogens is 336 g/mol. The molecule has 0 radical (unpaired) electrons. The first-order valence-electron chi connectivity index (χ1n) is 9.12. The van der Waals surface area contributed by atoms with Crippen LogP contribution in [0.5, 0.6) is 0 Å². The Hall–Kier alpha value is -1.52. The number of aliphatic carboxylic acids is 1. The molecule has 1 saturated carbocycles. The molecular formula is C20H27ClN2O2. The van der Waals surface area contributed by atoms with E-state index >= 15 is 0 Å². The summed E-state index contributed by atoms with van der Waals surface area (Å²) >= 11 is 0. The summed E-state index contributed by atoms with van der Waals surface area (Å²) in [5.41, 5.74) is 3.73. The molecule has 1 aliphatic heterocycles. The molecule has 0 amide bonds. The number of halogens is 1. The van der Waals surface area contributed by atoms with Crippen molar-refractivity contribution in [3.05, 3.63) is 35.5 Å². The van der Waals surface area contributed by atoms with Crippen LogP contribution in [0.1, 0.15) is 50.3 Å². The molecule has 136 valence electrons. The maximum Gasteiger partial charge on any atom is 0.321 e. The van der Waals surface area contributed by atoms with Gasteiger partial charge in [0, 0.05) is 36.1 Å². The third-order valence-corrected chi connectivity index (χ3v) is 5.38. The minimum atomic E-state index is -0.750. The molecule has 1 aromatic heterocycles. The SMILES string of the molecule is CC(C)C[C@@H]1N[C@H](C(=O)O)Cc2cn(CC3CC3)c3cccc1c23.Cl. The monoisotopic (exact) mass is 362 g/mol. The quantitative estimate of drug-likeness (QED) is 0.839. The van der Waals surface area contributed by atoms with Crippen LogP contribution in [0.2, 0.25) is 0 Å². The summed E-state index contributed by atoms with van der Waals surface area (Å²) in [5, 5.41) is 14.3. The minimum absolute atomic E-state index is 0. The summed E-state index contributed by atoms with van der Waals surface area (Å²) in [6.45, 7) is 5.46. The number of carboxylic acids is 1. The normalized spacial score (nSPS) is 22.7. The second-order valence-electron chi connectivity index (χ2n) is 7.94. The van der Waals surface area contributed by atoms with Gasteiger partial charge in [-0.15, -0.1) is 12.4 Å². The molecule has 2 atom stereocenters. The van der Waals surface area contributed by atoms with E-state index in [4.69, 9.17) is 0 Å². The van der Waals surface area contributed by atoms with Gasteiger partial charge < -0.3 is 9.67 Å². The van der Waals surface area contributed by atoms with Gasteiger partial charge in [-0.05, 0) is 48.3 Å². The Morgan fingerprint density at radius 1 is 1.36 bits per heavy atom. The fourth-order valence-electron chi connectivity index (χ4n) is 4.08. The maximum atomic E-state index is 11.7. The largest absolute Gasteiger partial charge is 0.480 e. The Labute approximate surface area is 155 Å². The summed E-state index contributed by atoms with van der Waals surface area (Å²) in [6.07, 6.45) is 6.38. The first kappa shape index (κ1) is 18.3. The Kier molecular flexibility index (Phi) is 5.12. The smallest absolute Gasteiger partial charge is 0.321 e. The molecule has 5 heteroatoms. The van der Waals surface area contributed by atoms with E-state index in [0.717, 1.165) is 18.9 Å². The lowest BCUT2D eigenvalue weighted by atomic mass is 9.94. The van der Waals surface area contributed by atoms with Gasteiger partial charge in [0.25, 0.3) is 0 Å². The average molecular weight is 363 g/mol. The molecule has 1 fully saturated rings. The van der Waals surface area contributed by atoms with Gasteiger partial charge in [0.05, 0.1) is 0 Å². The van der Waals surface area contributed by atoms with Crippen molar-refractivity contribution in [1.82, 2.24) is 9.88 Å². The fraction of sp³-hybridized carbons (Fsp3) is 0.550. The highest BCUT2D eigenvalue weighted by Crippen LogP contribution is 2.38. The van der Waals surface area contributed by atoms with E-state index in [1.807, 2.05) is 0 Å². The van der Waals surface area contributed by atoms with E-state index in [1.54, 1.807) is 0 Å². The van der Waals surface area contributed by atoms with E-state index < -0.39 is 12.0 Å². The second-order valence-corrected chi connectivity index (χ2v) is 7.94. The molecule has 0 bridgehead atoms. The highest BCUT2D eigenvalue weighted by Gasteiger charge is 2.31. The molecule has 2 heterocycles. The van der Waals surface area contributed by atoms with E-state index in [9.17, 15) is 9.90 Å². The first-order chi connectivity index (χ1) is 11.5. The van der Waals surface area contributed by atoms with Crippen LogP contribution in [0.4, 0.5) is 0 Å². The van der Waals surface area contributed by atoms with Crippen LogP contribution in [0.15, 0.2) is 24.4 Å². The van der Waals surface area contributed by atoms with Gasteiger partial charge in [0.1, 0.15) is 6.04 Å². The molecule has 0 spiro atoms. The Morgan fingerprint density at radius 2 is 2.12 bits per heavy atom. The Morgan fingerprint density at radius 3 is 2.76 bits per heavy atom. The van der Waals surface area contributed by atoms with Gasteiger partial charge in [-0.2, -0.15) is 0 Å². The molecule has 1 aromatic carbocycles. The summed E-state index contributed by atoms with van der Waals surface area (Å²) in [4.78, 5) is 11.7. The minimum Gasteiger partial charge on any atom is -0.480 e. The third kappa shape index (κ3) is 3.56. The summed E-state index contributed by atoms with van der Waals surface area (Å²) < 4.78 is 2.36. The Bertz CT molecular complexity index is 779. The lowest BCUT2D eigenvalue weighted by Crippen LogP contribution is -2.40. The number of nitrogens with one attached hydrogen (secondary N) is 1. The van der Waals surface area contributed by atoms with Crippen molar-refractivity contribution in [2.45, 2.75) is 58.2 Å². The highest BCUT2D eigenvalue weighted by molar-refractivity contribution is 5.89. The highest BCUT2D eigenvalue weighted by atomic mass is 35.5. The van der Waals surface area contributed by atoms with E-state index in [0.29, 0.717) is 12.3 Å². The van der Waals surface area contributed by atoms with Crippen LogP contribution in [0.3, 0.4) is 0 Å². The topological polar surface area (TPSA) is 54.3 Å². The van der Waals surface area contributed by atoms with E-state index in [-0.39, 0.29) is 18.4 Å². The van der Waals surface area contributed by atoms with Gasteiger partial charge in [-0.3, -0.25) is 10.1 Å². The van der Waals surface area contributed by atoms with E-state index in [1.165, 1.54) is 34.9 Å². The number of hydrogen-bond donors (Lipinski definition) is 2. The van der Waals surface area contributed by atoms with Crippen LogP contribution in [-0.4, -0.2) is 21.7 Å². The fourth-order valence-corrected chi connectivity index (χ4v) is 4.08. The van der Waals surface area contributed by atoms with Crippen LogP contribution < -0.4 is 5.32 Å². The lowest BCUT2D eigenvalue weighted by molar-refractivity contribution is -0.139. The van der Waals surface area contributed by atoms with Gasteiger partial charge in [-0.1, -0.05) is 26.0 Å². The van der Waals surface area contributed by atoms with Crippen LogP contribution in [-0.2, 0) is 17.8 Å². The van der Waals surface area contributed by atoms with Gasteiger partial charge >= 0.3 is 5.97 Å². The molecule has 2 aliphatic rings. The van der Waals surface area contributed by atoms with Crippen molar-refractivity contribution in [2.24, 2.45) is 11.8 Å². The van der Waals surface area contributed by atoms with Gasteiger partial charge in [-0.25, -0.2) is 0 Å². The van der Waals surface area contributed by atoms with Gasteiger partial charge in [0.2, 0.25) is 0 Å². The van der Waals surface area contributed by atoms with Crippen molar-refractivity contribution in [1.29, 1.82) is 0 Å². The van der Waals surface area contributed by atoms with Crippen LogP contribution in [0, 0.1) is 11.8 Å². The molecule has 0 saturated heterocycles. The zero-order valence-electron chi connectivity index (χ0n) is 14.9. The molecule has 2 aromatic rings. The average Bonchev–Trinajstić information content (AvgIpc) is 3.29. The zero-order chi connectivity index (χ0) is 16.8. The first-order valence-corrected chi connectivity index (χ1v) is 9.12. The van der Waals surface area contributed by atoms with Crippen molar-refractivity contribution < 1.29 is 9.90 Å². The molecule has 25 heavy (non-hydrogen) atoms. The molecule has 4 nitrogen and oxygen atoms in total. The number of aromatic nitrogens is 1. The lowest BCUT2D eigenvalue weighted by Gasteiger charge is -2.23. The molecule has 4 rings (SSSR count). The summed E-state index contributed by atoms with van der Waals surface area (Å²) in [6, 6.07) is 6.09. The number of hydrogen-bond acceptors (Lipinski definition) is 2. The van der Waals surface area contributed by atoms with Gasteiger partial charge in [0.15, 0.2) is 0 Å². The number of carboxylic acid groups (broad SMARTS) is 1. The zero-order valence-corrected chi connectivity index (χ0v) is 15.7. The van der Waals surface area contributed by atoms with Crippen molar-refractivity contribution in [3.63, 3.8) is 0 Å². The number of benzene rings is 1. The van der Waals surface area contributed by atoms with Crippen LogP contribution in [0.25, 0.3) is 10.9 Å². The number of nitrogens with zero attached hydrogens (tertiary/aromatic N) is 1. The van der Waals surface area contributed by atoms with Crippen LogP contribution >= 0.6 is 12.4 Å². The van der Waals surface area contributed by atoms with Crippen molar-refractivity contribution >= 4 is 29.3 Å². The number of carbonyl (C=O) groups is 1. The van der Waals surface area contributed by atoms with Crippen molar-refractivity contribution in [2.75, 3.05) is 0 Å². The molecule has 2 N–H and O–H groups in total. The van der Waals surface area contributed by atoms with E-state index in [2.05, 4.69) is 48.1 Å². The standard InChI is InChI=1S/C20H26N2O2.ClH/c1-12(2)8-16-15-4-3-5-18-19(15)14(9-17(21-16)20(23)24)11-22(18)10-13-6-7-13;/h3-5,11-13,16-17,21H,6-10H2,1-2H3,(H,23,24);1H/t16-,17-;/m0./s1. The van der Waals surface area contributed by atoms with Crippen molar-refractivity contribution in [3.8, 4) is 0 Å². The molecule has 1 aliphatic carbocycles. The Balaban J connectivity index is 0.00000182. The maximum absolute atomic E-state index is 11.7. The third-order valence-electron chi connectivity index (χ3n) is 5.38. The summed E-state index contributed by atoms with van der Waals surface area (Å²) in [5.74, 6) is 0.571. The summed E-state index contributed by atoms with van der Waals surface area (Å²) in [7, 11) is 0. The predicted molar refractivity (Wildman–Crippen MR) is 102 cm³/mol. The molecule has 0 unspecified atom stereocenters.